The Morgan fingerprint density at radius 2 is 1.44 bits per heavy atom. The minimum atomic E-state index is -0.627. The number of hydrogen-bond donors (Lipinski definition) is 2. The van der Waals surface area contributed by atoms with Gasteiger partial charge in [0.2, 0.25) is 0 Å². The van der Waals surface area contributed by atoms with Crippen LogP contribution < -0.4 is 16.2 Å². The van der Waals surface area contributed by atoms with Crippen molar-refractivity contribution in [2.75, 3.05) is 5.32 Å². The molecule has 0 aliphatic rings. The monoisotopic (exact) mass is 459 g/mol. The molecule has 0 unspecified atom stereocenters. The number of aromatic nitrogens is 1. The predicted molar refractivity (Wildman–Crippen MR) is 124 cm³/mol. The Balaban J connectivity index is 1.48. The Kier molecular flexibility index (Phi) is 6.59. The second kappa shape index (κ2) is 9.91. The van der Waals surface area contributed by atoms with Crippen LogP contribution in [0.4, 0.5) is 14.5 Å². The van der Waals surface area contributed by atoms with Gasteiger partial charge < -0.3 is 10.6 Å². The highest BCUT2D eigenvalue weighted by Crippen LogP contribution is 2.15. The fourth-order valence-corrected chi connectivity index (χ4v) is 3.30. The first kappa shape index (κ1) is 22.6. The van der Waals surface area contributed by atoms with Gasteiger partial charge in [-0.05, 0) is 66.2 Å². The topological polar surface area (TPSA) is 80.2 Å². The molecule has 3 aromatic carbocycles. The Morgan fingerprint density at radius 3 is 2.15 bits per heavy atom. The highest BCUT2D eigenvalue weighted by atomic mass is 19.1. The van der Waals surface area contributed by atoms with Crippen LogP contribution in [0.3, 0.4) is 0 Å². The van der Waals surface area contributed by atoms with Crippen molar-refractivity contribution in [2.45, 2.75) is 6.54 Å². The summed E-state index contributed by atoms with van der Waals surface area (Å²) in [6.45, 7) is 0.143. The zero-order valence-corrected chi connectivity index (χ0v) is 17.8. The van der Waals surface area contributed by atoms with Gasteiger partial charge in [-0.2, -0.15) is 0 Å². The van der Waals surface area contributed by atoms with Gasteiger partial charge in [-0.25, -0.2) is 8.78 Å². The summed E-state index contributed by atoms with van der Waals surface area (Å²) in [6.07, 6.45) is 1.52. The molecule has 0 spiro atoms. The minimum absolute atomic E-state index is 0.0541. The smallest absolute Gasteiger partial charge is 0.267 e. The lowest BCUT2D eigenvalue weighted by molar-refractivity contribution is 0.0948. The van der Waals surface area contributed by atoms with E-state index in [9.17, 15) is 23.2 Å². The molecule has 0 bridgehead atoms. The Hall–Kier alpha value is -4.59. The van der Waals surface area contributed by atoms with E-state index in [4.69, 9.17) is 0 Å². The summed E-state index contributed by atoms with van der Waals surface area (Å²) >= 11 is 0. The second-order valence-corrected chi connectivity index (χ2v) is 7.39. The van der Waals surface area contributed by atoms with Crippen molar-refractivity contribution < 1.29 is 18.4 Å². The van der Waals surface area contributed by atoms with Crippen molar-refractivity contribution in [1.82, 2.24) is 9.88 Å². The lowest BCUT2D eigenvalue weighted by Gasteiger charge is -2.11. The largest absolute Gasteiger partial charge is 0.348 e. The molecule has 8 heteroatoms. The second-order valence-electron chi connectivity index (χ2n) is 7.39. The summed E-state index contributed by atoms with van der Waals surface area (Å²) in [5.41, 5.74) is 0.922. The number of carbonyl (C=O) groups is 2. The van der Waals surface area contributed by atoms with Gasteiger partial charge in [0.15, 0.2) is 0 Å². The maximum atomic E-state index is 13.8. The number of benzene rings is 3. The highest BCUT2D eigenvalue weighted by Gasteiger charge is 2.14. The molecule has 0 aliphatic heterocycles. The molecule has 2 N–H and O–H groups in total. The number of amides is 2. The molecule has 1 aromatic heterocycles. The number of anilines is 1. The lowest BCUT2D eigenvalue weighted by atomic mass is 10.2. The van der Waals surface area contributed by atoms with Crippen LogP contribution >= 0.6 is 0 Å². The molecule has 0 radical (unpaired) electrons. The maximum absolute atomic E-state index is 13.8. The summed E-state index contributed by atoms with van der Waals surface area (Å²) in [7, 11) is 0. The third kappa shape index (κ3) is 5.07. The van der Waals surface area contributed by atoms with Gasteiger partial charge in [-0.15, -0.1) is 0 Å². The highest BCUT2D eigenvalue weighted by molar-refractivity contribution is 6.04. The summed E-state index contributed by atoms with van der Waals surface area (Å²) in [4.78, 5) is 37.7. The molecule has 6 nitrogen and oxygen atoms in total. The van der Waals surface area contributed by atoms with Gasteiger partial charge in [-0.1, -0.05) is 24.3 Å². The van der Waals surface area contributed by atoms with Crippen LogP contribution in [0.5, 0.6) is 0 Å². The third-order valence-electron chi connectivity index (χ3n) is 5.08. The molecule has 1 heterocycles. The minimum Gasteiger partial charge on any atom is -0.348 e. The third-order valence-corrected chi connectivity index (χ3v) is 5.08. The van der Waals surface area contributed by atoms with E-state index in [1.54, 1.807) is 48.5 Å². The molecule has 0 fully saturated rings. The number of pyridine rings is 1. The van der Waals surface area contributed by atoms with E-state index in [2.05, 4.69) is 10.6 Å². The molecule has 0 aliphatic carbocycles. The molecule has 0 saturated carbocycles. The van der Waals surface area contributed by atoms with Gasteiger partial charge in [0, 0.05) is 24.1 Å². The first-order valence-corrected chi connectivity index (χ1v) is 10.3. The van der Waals surface area contributed by atoms with Gasteiger partial charge in [-0.3, -0.25) is 19.0 Å². The number of rotatable bonds is 6. The van der Waals surface area contributed by atoms with Crippen LogP contribution in [0.15, 0.2) is 95.9 Å². The first-order valence-electron chi connectivity index (χ1n) is 10.3. The summed E-state index contributed by atoms with van der Waals surface area (Å²) in [6, 6.07) is 20.6. The maximum Gasteiger partial charge on any atom is 0.267 e. The van der Waals surface area contributed by atoms with E-state index in [1.165, 1.54) is 47.2 Å². The number of carbonyl (C=O) groups excluding carboxylic acids is 2. The van der Waals surface area contributed by atoms with Gasteiger partial charge in [0.25, 0.3) is 17.4 Å². The summed E-state index contributed by atoms with van der Waals surface area (Å²) in [5.74, 6) is -2.16. The molecule has 4 rings (SSSR count). The van der Waals surface area contributed by atoms with Crippen LogP contribution in [0.25, 0.3) is 5.69 Å². The van der Waals surface area contributed by atoms with Crippen molar-refractivity contribution in [2.24, 2.45) is 0 Å². The molecular formula is C26H19F2N3O3. The van der Waals surface area contributed by atoms with Crippen LogP contribution in [0.1, 0.15) is 26.3 Å². The van der Waals surface area contributed by atoms with E-state index in [0.29, 0.717) is 16.9 Å². The summed E-state index contributed by atoms with van der Waals surface area (Å²) in [5, 5.41) is 5.26. The quantitative estimate of drug-likeness (QED) is 0.451. The van der Waals surface area contributed by atoms with Crippen LogP contribution in [-0.4, -0.2) is 16.4 Å². The van der Waals surface area contributed by atoms with Crippen molar-refractivity contribution in [1.29, 1.82) is 0 Å². The number of nitrogens with zero attached hydrogens (tertiary/aromatic N) is 1. The van der Waals surface area contributed by atoms with E-state index < -0.39 is 23.2 Å². The van der Waals surface area contributed by atoms with Crippen LogP contribution in [0, 0.1) is 11.6 Å². The van der Waals surface area contributed by atoms with Gasteiger partial charge in [0.05, 0.1) is 5.56 Å². The zero-order chi connectivity index (χ0) is 24.1. The number of nitrogens with one attached hydrogen (secondary N) is 2. The average molecular weight is 459 g/mol. The van der Waals surface area contributed by atoms with Crippen LogP contribution in [-0.2, 0) is 6.54 Å². The molecule has 4 aromatic rings. The number of hydrogen-bond acceptors (Lipinski definition) is 3. The van der Waals surface area contributed by atoms with E-state index >= 15 is 0 Å². The van der Waals surface area contributed by atoms with Gasteiger partial charge >= 0.3 is 0 Å². The fourth-order valence-electron chi connectivity index (χ4n) is 3.30. The Labute approximate surface area is 193 Å². The van der Waals surface area contributed by atoms with E-state index in [-0.39, 0.29) is 23.5 Å². The van der Waals surface area contributed by atoms with Crippen LogP contribution in [0.2, 0.25) is 0 Å². The Morgan fingerprint density at radius 1 is 0.765 bits per heavy atom. The predicted octanol–water partition coefficient (Wildman–Crippen LogP) is 4.30. The standard InChI is InChI=1S/C26H19F2N3O3/c27-18-9-7-17(8-10-18)16-29-24(32)22-5-3-15-31(26(22)34)20-13-11-19(12-14-20)30-25(33)21-4-1-2-6-23(21)28/h1-15H,16H2,(H,29,32)(H,30,33). The molecular weight excluding hydrogens is 440 g/mol. The van der Waals surface area contributed by atoms with Crippen molar-refractivity contribution in [3.8, 4) is 5.69 Å². The Bertz CT molecular complexity index is 1400. The zero-order valence-electron chi connectivity index (χ0n) is 17.8. The average Bonchev–Trinajstić information content (AvgIpc) is 2.84. The van der Waals surface area contributed by atoms with Crippen molar-refractivity contribution in [3.63, 3.8) is 0 Å². The molecule has 34 heavy (non-hydrogen) atoms. The van der Waals surface area contributed by atoms with Gasteiger partial charge in [0.1, 0.15) is 17.2 Å². The lowest BCUT2D eigenvalue weighted by Crippen LogP contribution is -2.32. The molecule has 170 valence electrons. The first-order chi connectivity index (χ1) is 16.4. The van der Waals surface area contributed by atoms with Crippen molar-refractivity contribution >= 4 is 17.5 Å². The van der Waals surface area contributed by atoms with E-state index in [1.807, 2.05) is 0 Å². The SMILES string of the molecule is O=C(Nc1ccc(-n2cccc(C(=O)NCc3ccc(F)cc3)c2=O)cc1)c1ccccc1F. The van der Waals surface area contributed by atoms with E-state index in [0.717, 1.165) is 0 Å². The molecule has 2 amide bonds. The summed E-state index contributed by atoms with van der Waals surface area (Å²) < 4.78 is 28.1. The van der Waals surface area contributed by atoms with Crippen molar-refractivity contribution in [3.05, 3.63) is 130 Å². The molecule has 0 saturated heterocycles. The number of halogens is 2. The normalized spacial score (nSPS) is 10.5. The molecule has 0 atom stereocenters. The fraction of sp³-hybridized carbons (Fsp3) is 0.0385.